The van der Waals surface area contributed by atoms with Crippen molar-refractivity contribution in [2.75, 3.05) is 25.3 Å². The Morgan fingerprint density at radius 2 is 1.90 bits per heavy atom. The Labute approximate surface area is 182 Å². The summed E-state index contributed by atoms with van der Waals surface area (Å²) >= 11 is 13.6. The first-order valence-electron chi connectivity index (χ1n) is 8.43. The molecule has 0 bridgehead atoms. The third-order valence-corrected chi connectivity index (χ3v) is 5.68. The van der Waals surface area contributed by atoms with Crippen molar-refractivity contribution in [3.8, 4) is 17.2 Å². The van der Waals surface area contributed by atoms with Gasteiger partial charge in [-0.1, -0.05) is 41.0 Å². The van der Waals surface area contributed by atoms with Crippen LogP contribution in [0, 0.1) is 6.92 Å². The number of halogens is 2. The van der Waals surface area contributed by atoms with Crippen LogP contribution in [0.15, 0.2) is 41.8 Å². The van der Waals surface area contributed by atoms with E-state index in [0.717, 1.165) is 11.3 Å². The maximum Gasteiger partial charge on any atom is 0.234 e. The van der Waals surface area contributed by atoms with Crippen molar-refractivity contribution in [3.05, 3.63) is 52.3 Å². The average molecular weight is 453 g/mol. The number of hydrogen-bond donors (Lipinski definition) is 1. The van der Waals surface area contributed by atoms with Crippen molar-refractivity contribution in [1.82, 2.24) is 14.8 Å². The van der Waals surface area contributed by atoms with E-state index in [4.69, 9.17) is 32.7 Å². The molecule has 0 saturated heterocycles. The molecule has 1 N–H and O–H groups in total. The molecule has 0 aliphatic rings. The lowest BCUT2D eigenvalue weighted by Crippen LogP contribution is -2.15. The molecule has 2 aromatic carbocycles. The van der Waals surface area contributed by atoms with E-state index >= 15 is 0 Å². The molecule has 152 valence electrons. The molecule has 3 rings (SSSR count). The fourth-order valence-electron chi connectivity index (χ4n) is 2.51. The highest BCUT2D eigenvalue weighted by molar-refractivity contribution is 7.99. The van der Waals surface area contributed by atoms with E-state index in [1.54, 1.807) is 23.0 Å². The van der Waals surface area contributed by atoms with Crippen molar-refractivity contribution in [3.63, 3.8) is 0 Å². The van der Waals surface area contributed by atoms with E-state index in [9.17, 15) is 4.79 Å². The largest absolute Gasteiger partial charge is 0.495 e. The Balaban J connectivity index is 1.70. The highest BCUT2D eigenvalue weighted by atomic mass is 35.5. The molecule has 0 fully saturated rings. The van der Waals surface area contributed by atoms with E-state index in [-0.39, 0.29) is 11.7 Å². The normalized spacial score (nSPS) is 10.7. The number of rotatable bonds is 7. The van der Waals surface area contributed by atoms with Gasteiger partial charge >= 0.3 is 0 Å². The van der Waals surface area contributed by atoms with Crippen LogP contribution in [0.1, 0.15) is 5.56 Å². The number of carbonyl (C=O) groups is 1. The zero-order valence-electron chi connectivity index (χ0n) is 15.9. The average Bonchev–Trinajstić information content (AvgIpc) is 3.17. The zero-order valence-corrected chi connectivity index (χ0v) is 18.2. The third kappa shape index (κ3) is 4.95. The van der Waals surface area contributed by atoms with Gasteiger partial charge in [-0.2, -0.15) is 0 Å². The fourth-order valence-corrected chi connectivity index (χ4v) is 3.65. The standard InChI is InChI=1S/C19H18Cl2N4O3S/c1-11-4-5-12(6-13(11)20)25-10-22-24-19(25)29-9-18(26)23-15-7-14(21)16(27-2)8-17(15)28-3/h4-8,10H,9H2,1-3H3,(H,23,26). The molecule has 0 radical (unpaired) electrons. The van der Waals surface area contributed by atoms with Gasteiger partial charge in [0.25, 0.3) is 0 Å². The second-order valence-corrected chi connectivity index (χ2v) is 7.70. The smallest absolute Gasteiger partial charge is 0.234 e. The van der Waals surface area contributed by atoms with E-state index in [2.05, 4.69) is 15.5 Å². The number of aryl methyl sites for hydroxylation is 1. The van der Waals surface area contributed by atoms with Crippen LogP contribution >= 0.6 is 35.0 Å². The predicted octanol–water partition coefficient (Wildman–Crippen LogP) is 4.63. The van der Waals surface area contributed by atoms with Gasteiger partial charge in [0, 0.05) is 11.1 Å². The van der Waals surface area contributed by atoms with Crippen LogP contribution in [0.4, 0.5) is 5.69 Å². The summed E-state index contributed by atoms with van der Waals surface area (Å²) in [4.78, 5) is 12.4. The molecule has 1 heterocycles. The van der Waals surface area contributed by atoms with E-state index < -0.39 is 0 Å². The second kappa shape index (κ2) is 9.39. The summed E-state index contributed by atoms with van der Waals surface area (Å²) in [6.07, 6.45) is 1.58. The lowest BCUT2D eigenvalue weighted by Gasteiger charge is -2.13. The second-order valence-electron chi connectivity index (χ2n) is 5.94. The molecule has 3 aromatic rings. The highest BCUT2D eigenvalue weighted by Gasteiger charge is 2.15. The summed E-state index contributed by atoms with van der Waals surface area (Å²) in [5, 5.41) is 12.4. The number of aromatic nitrogens is 3. The van der Waals surface area contributed by atoms with Crippen molar-refractivity contribution >= 4 is 46.6 Å². The number of nitrogens with zero attached hydrogens (tertiary/aromatic N) is 3. The van der Waals surface area contributed by atoms with E-state index in [0.29, 0.717) is 32.4 Å². The summed E-state index contributed by atoms with van der Waals surface area (Å²) < 4.78 is 12.2. The third-order valence-electron chi connectivity index (χ3n) is 4.03. The number of amides is 1. The molecule has 1 amide bonds. The van der Waals surface area contributed by atoms with Crippen molar-refractivity contribution in [2.24, 2.45) is 0 Å². The number of nitrogens with one attached hydrogen (secondary N) is 1. The maximum absolute atomic E-state index is 12.4. The van der Waals surface area contributed by atoms with Gasteiger partial charge in [0.15, 0.2) is 5.16 Å². The van der Waals surface area contributed by atoms with Gasteiger partial charge in [0.05, 0.1) is 36.4 Å². The zero-order chi connectivity index (χ0) is 21.0. The van der Waals surface area contributed by atoms with Gasteiger partial charge in [-0.15, -0.1) is 10.2 Å². The molecule has 0 atom stereocenters. The summed E-state index contributed by atoms with van der Waals surface area (Å²) in [6, 6.07) is 8.85. The Kier molecular flexibility index (Phi) is 6.89. The van der Waals surface area contributed by atoms with Crippen LogP contribution in [-0.4, -0.2) is 40.6 Å². The first-order valence-corrected chi connectivity index (χ1v) is 10.2. The first-order chi connectivity index (χ1) is 13.9. The van der Waals surface area contributed by atoms with Crippen LogP contribution in [-0.2, 0) is 4.79 Å². The Morgan fingerprint density at radius 3 is 2.59 bits per heavy atom. The lowest BCUT2D eigenvalue weighted by atomic mass is 10.2. The van der Waals surface area contributed by atoms with Crippen molar-refractivity contribution < 1.29 is 14.3 Å². The lowest BCUT2D eigenvalue weighted by molar-refractivity contribution is -0.113. The van der Waals surface area contributed by atoms with Gasteiger partial charge in [-0.3, -0.25) is 9.36 Å². The van der Waals surface area contributed by atoms with Crippen LogP contribution in [0.3, 0.4) is 0 Å². The van der Waals surface area contributed by atoms with Crippen LogP contribution in [0.2, 0.25) is 10.0 Å². The van der Waals surface area contributed by atoms with E-state index in [1.807, 2.05) is 25.1 Å². The number of methoxy groups -OCH3 is 2. The molecule has 7 nitrogen and oxygen atoms in total. The minimum atomic E-state index is -0.244. The molecule has 0 aliphatic heterocycles. The minimum absolute atomic E-state index is 0.116. The van der Waals surface area contributed by atoms with Gasteiger partial charge in [-0.05, 0) is 30.7 Å². The number of hydrogen-bond acceptors (Lipinski definition) is 6. The van der Waals surface area contributed by atoms with Gasteiger partial charge in [0.2, 0.25) is 5.91 Å². The van der Waals surface area contributed by atoms with E-state index in [1.165, 1.54) is 26.0 Å². The van der Waals surface area contributed by atoms with Crippen LogP contribution < -0.4 is 14.8 Å². The number of anilines is 1. The molecular weight excluding hydrogens is 435 g/mol. The first kappa shape index (κ1) is 21.3. The Morgan fingerprint density at radius 1 is 1.14 bits per heavy atom. The molecule has 29 heavy (non-hydrogen) atoms. The number of thioether (sulfide) groups is 1. The molecule has 0 aliphatic carbocycles. The Hall–Kier alpha value is -2.42. The molecule has 10 heteroatoms. The fraction of sp³-hybridized carbons (Fsp3) is 0.211. The van der Waals surface area contributed by atoms with Crippen molar-refractivity contribution in [1.29, 1.82) is 0 Å². The number of carbonyl (C=O) groups excluding carboxylic acids is 1. The minimum Gasteiger partial charge on any atom is -0.495 e. The quantitative estimate of drug-likeness (QED) is 0.526. The summed E-state index contributed by atoms with van der Waals surface area (Å²) in [5.74, 6) is 0.777. The van der Waals surface area contributed by atoms with Gasteiger partial charge < -0.3 is 14.8 Å². The maximum atomic E-state index is 12.4. The van der Waals surface area contributed by atoms with Crippen LogP contribution in [0.5, 0.6) is 11.5 Å². The van der Waals surface area contributed by atoms with Gasteiger partial charge in [0.1, 0.15) is 17.8 Å². The molecular formula is C19H18Cl2N4O3S. The van der Waals surface area contributed by atoms with Crippen LogP contribution in [0.25, 0.3) is 5.69 Å². The number of ether oxygens (including phenoxy) is 2. The molecule has 1 aromatic heterocycles. The predicted molar refractivity (Wildman–Crippen MR) is 115 cm³/mol. The van der Waals surface area contributed by atoms with Crippen molar-refractivity contribution in [2.45, 2.75) is 12.1 Å². The van der Waals surface area contributed by atoms with Gasteiger partial charge in [-0.25, -0.2) is 0 Å². The monoisotopic (exact) mass is 452 g/mol. The Bertz CT molecular complexity index is 1040. The molecule has 0 unspecified atom stereocenters. The SMILES string of the molecule is COc1cc(OC)c(NC(=O)CSc2nncn2-c2ccc(C)c(Cl)c2)cc1Cl. The topological polar surface area (TPSA) is 78.3 Å². The molecule has 0 saturated carbocycles. The summed E-state index contributed by atoms with van der Waals surface area (Å²) in [7, 11) is 3.01. The number of benzene rings is 2. The molecule has 0 spiro atoms. The summed E-state index contributed by atoms with van der Waals surface area (Å²) in [5.41, 5.74) is 2.25. The highest BCUT2D eigenvalue weighted by Crippen LogP contribution is 2.36. The summed E-state index contributed by atoms with van der Waals surface area (Å²) in [6.45, 7) is 1.93.